The van der Waals surface area contributed by atoms with E-state index in [9.17, 15) is 22.6 Å². The van der Waals surface area contributed by atoms with Crippen LogP contribution in [0.25, 0.3) is 0 Å². The summed E-state index contributed by atoms with van der Waals surface area (Å²) in [4.78, 5) is 26.0. The van der Waals surface area contributed by atoms with Crippen molar-refractivity contribution in [1.29, 1.82) is 0 Å². The van der Waals surface area contributed by atoms with E-state index in [1.54, 1.807) is 6.92 Å². The number of carbonyl (C=O) groups excluding carboxylic acids is 2. The van der Waals surface area contributed by atoms with Crippen molar-refractivity contribution < 1.29 is 22.6 Å². The number of hydrogen-bond acceptors (Lipinski definition) is 4. The third kappa shape index (κ3) is 1.93. The van der Waals surface area contributed by atoms with Gasteiger partial charge in [-0.1, -0.05) is 6.07 Å². The van der Waals surface area contributed by atoms with Gasteiger partial charge in [0.05, 0.1) is 5.69 Å². The van der Waals surface area contributed by atoms with Gasteiger partial charge in [-0.2, -0.15) is 8.42 Å². The van der Waals surface area contributed by atoms with Crippen LogP contribution in [0, 0.1) is 18.8 Å². The summed E-state index contributed by atoms with van der Waals surface area (Å²) in [6.07, 6.45) is 2.64. The number of rotatable bonds is 2. The minimum Gasteiger partial charge on any atom is -0.282 e. The first-order chi connectivity index (χ1) is 10.8. The highest BCUT2D eigenvalue weighted by atomic mass is 32.2. The molecular weight excluding hydrogens is 318 g/mol. The van der Waals surface area contributed by atoms with Crippen molar-refractivity contribution in [2.75, 3.05) is 4.90 Å². The summed E-state index contributed by atoms with van der Waals surface area (Å²) in [6, 6.07) is 4.18. The Morgan fingerprint density at radius 2 is 1.65 bits per heavy atom. The quantitative estimate of drug-likeness (QED) is 0.658. The number of nitrogens with zero attached hydrogens (tertiary/aromatic N) is 1. The smallest absolute Gasteiger partial charge is 0.282 e. The summed E-state index contributed by atoms with van der Waals surface area (Å²) >= 11 is 0. The Bertz CT molecular complexity index is 867. The molecule has 2 atom stereocenters. The molecule has 0 aromatic heterocycles. The lowest BCUT2D eigenvalue weighted by molar-refractivity contribution is -0.121. The van der Waals surface area contributed by atoms with Crippen LogP contribution in [-0.4, -0.2) is 24.8 Å². The van der Waals surface area contributed by atoms with Gasteiger partial charge in [0, 0.05) is 11.1 Å². The van der Waals surface area contributed by atoms with Crippen LogP contribution >= 0.6 is 0 Å². The molecule has 1 N–H and O–H groups in total. The molecule has 1 fully saturated rings. The minimum absolute atomic E-state index is 0.0590. The Balaban J connectivity index is 1.87. The van der Waals surface area contributed by atoms with Gasteiger partial charge in [-0.25, -0.2) is 4.90 Å². The summed E-state index contributed by atoms with van der Waals surface area (Å²) in [5, 5.41) is 0. The Morgan fingerprint density at radius 1 is 1.09 bits per heavy atom. The van der Waals surface area contributed by atoms with Crippen LogP contribution in [-0.2, 0) is 19.7 Å². The molecule has 1 aromatic carbocycles. The molecular formula is C16H15NO5S. The first-order valence-corrected chi connectivity index (χ1v) is 8.94. The lowest BCUT2D eigenvalue weighted by Gasteiger charge is -2.20. The largest absolute Gasteiger partial charge is 0.296 e. The SMILES string of the molecule is Cc1ccc(S(=O)(=O)O)c(N2C(=O)C3=C(C2=O)C2CCC3C2)c1. The van der Waals surface area contributed by atoms with E-state index >= 15 is 0 Å². The summed E-state index contributed by atoms with van der Waals surface area (Å²) in [5.74, 6) is -0.661. The van der Waals surface area contributed by atoms with Gasteiger partial charge in [0.1, 0.15) is 4.90 Å². The van der Waals surface area contributed by atoms with E-state index in [4.69, 9.17) is 0 Å². The second-order valence-electron chi connectivity index (χ2n) is 6.43. The molecule has 2 bridgehead atoms. The molecule has 2 aliphatic carbocycles. The van der Waals surface area contributed by atoms with Crippen LogP contribution in [0.4, 0.5) is 5.69 Å². The number of benzene rings is 1. The first-order valence-electron chi connectivity index (χ1n) is 7.50. The molecule has 7 heteroatoms. The Labute approximate surface area is 133 Å². The lowest BCUT2D eigenvalue weighted by atomic mass is 9.93. The number of aryl methyl sites for hydroxylation is 1. The van der Waals surface area contributed by atoms with E-state index in [-0.39, 0.29) is 17.5 Å². The van der Waals surface area contributed by atoms with Gasteiger partial charge in [0.15, 0.2) is 0 Å². The zero-order valence-electron chi connectivity index (χ0n) is 12.4. The fourth-order valence-electron chi connectivity index (χ4n) is 4.10. The van der Waals surface area contributed by atoms with Gasteiger partial charge in [0.25, 0.3) is 21.9 Å². The van der Waals surface area contributed by atoms with E-state index in [0.717, 1.165) is 24.2 Å². The molecule has 1 aliphatic heterocycles. The zero-order chi connectivity index (χ0) is 16.5. The first kappa shape index (κ1) is 14.6. The topological polar surface area (TPSA) is 91.8 Å². The molecule has 1 heterocycles. The van der Waals surface area contributed by atoms with E-state index in [0.29, 0.717) is 16.7 Å². The van der Waals surface area contributed by atoms with Crippen molar-refractivity contribution >= 4 is 27.6 Å². The van der Waals surface area contributed by atoms with Gasteiger partial charge in [0.2, 0.25) is 0 Å². The second kappa shape index (κ2) is 4.52. The van der Waals surface area contributed by atoms with Crippen molar-refractivity contribution in [3.05, 3.63) is 34.9 Å². The molecule has 6 nitrogen and oxygen atoms in total. The average Bonchev–Trinajstić information content (AvgIpc) is 3.11. The van der Waals surface area contributed by atoms with Crippen molar-refractivity contribution in [2.24, 2.45) is 11.8 Å². The van der Waals surface area contributed by atoms with E-state index in [1.807, 2.05) is 0 Å². The van der Waals surface area contributed by atoms with Crippen molar-refractivity contribution in [2.45, 2.75) is 31.1 Å². The van der Waals surface area contributed by atoms with Crippen molar-refractivity contribution in [3.63, 3.8) is 0 Å². The number of imide groups is 1. The highest BCUT2D eigenvalue weighted by molar-refractivity contribution is 7.86. The molecule has 0 spiro atoms. The Morgan fingerprint density at radius 3 is 2.17 bits per heavy atom. The van der Waals surface area contributed by atoms with Crippen LogP contribution in [0.5, 0.6) is 0 Å². The van der Waals surface area contributed by atoms with Crippen LogP contribution in [0.3, 0.4) is 0 Å². The minimum atomic E-state index is -4.53. The molecule has 23 heavy (non-hydrogen) atoms. The molecule has 2 unspecified atom stereocenters. The molecule has 0 radical (unpaired) electrons. The van der Waals surface area contributed by atoms with Crippen LogP contribution < -0.4 is 4.90 Å². The van der Waals surface area contributed by atoms with Gasteiger partial charge >= 0.3 is 0 Å². The van der Waals surface area contributed by atoms with Gasteiger partial charge in [-0.3, -0.25) is 14.1 Å². The highest BCUT2D eigenvalue weighted by Gasteiger charge is 2.53. The third-order valence-corrected chi connectivity index (χ3v) is 5.94. The maximum Gasteiger partial charge on any atom is 0.296 e. The van der Waals surface area contributed by atoms with Gasteiger partial charge in [-0.05, 0) is 55.7 Å². The summed E-state index contributed by atoms with van der Waals surface area (Å²) < 4.78 is 32.7. The molecule has 1 aromatic rings. The molecule has 4 rings (SSSR count). The lowest BCUT2D eigenvalue weighted by Crippen LogP contribution is -2.34. The summed E-state index contributed by atoms with van der Waals surface area (Å²) in [7, 11) is -4.53. The predicted octanol–water partition coefficient (Wildman–Crippen LogP) is 1.84. The Hall–Kier alpha value is -1.99. The third-order valence-electron chi connectivity index (χ3n) is 5.04. The highest BCUT2D eigenvalue weighted by Crippen LogP contribution is 2.53. The fraction of sp³-hybridized carbons (Fsp3) is 0.375. The number of hydrogen-bond donors (Lipinski definition) is 1. The number of amides is 2. The average molecular weight is 333 g/mol. The zero-order valence-corrected chi connectivity index (χ0v) is 13.3. The predicted molar refractivity (Wildman–Crippen MR) is 81.3 cm³/mol. The van der Waals surface area contributed by atoms with Crippen LogP contribution in [0.2, 0.25) is 0 Å². The standard InChI is InChI=1S/C16H15NO5S/c1-8-2-5-12(23(20,21)22)11(6-8)17-15(18)13-9-3-4-10(7-9)14(13)16(17)19/h2,5-6,9-10H,3-4,7H2,1H3,(H,20,21,22). The van der Waals surface area contributed by atoms with Crippen molar-refractivity contribution in [3.8, 4) is 0 Å². The fourth-order valence-corrected chi connectivity index (χ4v) is 4.75. The van der Waals surface area contributed by atoms with Crippen molar-refractivity contribution in [1.82, 2.24) is 0 Å². The number of fused-ring (bicyclic) bond motifs is 4. The van der Waals surface area contributed by atoms with E-state index < -0.39 is 26.8 Å². The normalized spacial score (nSPS) is 26.4. The molecule has 0 saturated heterocycles. The van der Waals surface area contributed by atoms with E-state index in [2.05, 4.69) is 0 Å². The summed E-state index contributed by atoms with van der Waals surface area (Å²) in [6.45, 7) is 1.73. The maximum absolute atomic E-state index is 12.7. The maximum atomic E-state index is 12.7. The monoisotopic (exact) mass is 333 g/mol. The number of carbonyl (C=O) groups is 2. The molecule has 1 saturated carbocycles. The van der Waals surface area contributed by atoms with E-state index in [1.165, 1.54) is 18.2 Å². The van der Waals surface area contributed by atoms with Crippen LogP contribution in [0.15, 0.2) is 34.2 Å². The van der Waals surface area contributed by atoms with Crippen LogP contribution in [0.1, 0.15) is 24.8 Å². The molecule has 2 amide bonds. The van der Waals surface area contributed by atoms with Gasteiger partial charge < -0.3 is 0 Å². The Kier molecular flexibility index (Phi) is 2.87. The molecule has 3 aliphatic rings. The number of anilines is 1. The second-order valence-corrected chi connectivity index (χ2v) is 7.82. The molecule has 120 valence electrons. The van der Waals surface area contributed by atoms with Gasteiger partial charge in [-0.15, -0.1) is 0 Å². The summed E-state index contributed by atoms with van der Waals surface area (Å²) in [5.41, 5.74) is 1.74.